The molecule has 2 nitrogen and oxygen atoms in total. The van der Waals surface area contributed by atoms with Gasteiger partial charge in [0.25, 0.3) is 0 Å². The molecule has 0 amide bonds. The van der Waals surface area contributed by atoms with Crippen molar-refractivity contribution >= 4 is 11.3 Å². The Morgan fingerprint density at radius 2 is 2.33 bits per heavy atom. The highest BCUT2D eigenvalue weighted by molar-refractivity contribution is 7.07. The highest BCUT2D eigenvalue weighted by Crippen LogP contribution is 2.06. The molecule has 0 bridgehead atoms. The van der Waals surface area contributed by atoms with Crippen molar-refractivity contribution in [3.8, 4) is 0 Å². The van der Waals surface area contributed by atoms with E-state index < -0.39 is 0 Å². The van der Waals surface area contributed by atoms with E-state index >= 15 is 0 Å². The van der Waals surface area contributed by atoms with Gasteiger partial charge in [-0.05, 0) is 41.8 Å². The second-order valence-electron chi connectivity index (χ2n) is 2.64. The summed E-state index contributed by atoms with van der Waals surface area (Å²) in [6, 6.07) is 2.14. The first kappa shape index (κ1) is 9.71. The second kappa shape index (κ2) is 6.17. The van der Waals surface area contributed by atoms with Crippen LogP contribution in [-0.2, 0) is 11.2 Å². The lowest BCUT2D eigenvalue weighted by atomic mass is 10.3. The zero-order chi connectivity index (χ0) is 8.65. The molecule has 1 rings (SSSR count). The molecule has 1 aromatic heterocycles. The number of hydrogen-bond acceptors (Lipinski definition) is 3. The van der Waals surface area contributed by atoms with Gasteiger partial charge >= 0.3 is 0 Å². The minimum atomic E-state index is 0.721. The predicted molar refractivity (Wildman–Crippen MR) is 52.5 cm³/mol. The van der Waals surface area contributed by atoms with Crippen molar-refractivity contribution in [2.75, 3.05) is 19.8 Å². The van der Waals surface area contributed by atoms with Crippen LogP contribution in [0.5, 0.6) is 0 Å². The molecule has 0 aliphatic heterocycles. The second-order valence-corrected chi connectivity index (χ2v) is 3.42. The van der Waals surface area contributed by atoms with Gasteiger partial charge in [0.05, 0.1) is 6.61 Å². The molecule has 0 saturated heterocycles. The van der Waals surface area contributed by atoms with Crippen LogP contribution in [0.15, 0.2) is 16.8 Å². The van der Waals surface area contributed by atoms with E-state index in [1.807, 2.05) is 0 Å². The number of ether oxygens (including phenoxy) is 1. The maximum Gasteiger partial charge on any atom is 0.0506 e. The molecule has 0 saturated carbocycles. The summed E-state index contributed by atoms with van der Waals surface area (Å²) < 4.78 is 5.37. The largest absolute Gasteiger partial charge is 0.381 e. The van der Waals surface area contributed by atoms with Crippen molar-refractivity contribution in [3.63, 3.8) is 0 Å². The Labute approximate surface area is 77.3 Å². The molecule has 0 fully saturated rings. The first-order valence-corrected chi connectivity index (χ1v) is 5.16. The summed E-state index contributed by atoms with van der Waals surface area (Å²) >= 11 is 1.73. The molecule has 0 radical (unpaired) electrons. The number of rotatable bonds is 6. The molecule has 0 aliphatic rings. The van der Waals surface area contributed by atoms with Crippen LogP contribution >= 0.6 is 11.3 Å². The predicted octanol–water partition coefficient (Wildman–Crippen LogP) is 1.66. The quantitative estimate of drug-likeness (QED) is 0.684. The van der Waals surface area contributed by atoms with Gasteiger partial charge in [-0.3, -0.25) is 0 Å². The van der Waals surface area contributed by atoms with E-state index in [-0.39, 0.29) is 0 Å². The Balaban J connectivity index is 1.96. The average Bonchev–Trinajstić information content (AvgIpc) is 2.57. The highest BCUT2D eigenvalue weighted by Gasteiger charge is 1.92. The monoisotopic (exact) mass is 185 g/mol. The summed E-state index contributed by atoms with van der Waals surface area (Å²) in [6.45, 7) is 2.33. The van der Waals surface area contributed by atoms with Gasteiger partial charge < -0.3 is 10.5 Å². The van der Waals surface area contributed by atoms with Crippen molar-refractivity contribution in [1.82, 2.24) is 0 Å². The fourth-order valence-electron chi connectivity index (χ4n) is 0.912. The maximum absolute atomic E-state index is 5.37. The lowest BCUT2D eigenvalue weighted by Crippen LogP contribution is -2.05. The molecule has 1 heterocycles. The van der Waals surface area contributed by atoms with Crippen molar-refractivity contribution < 1.29 is 4.74 Å². The Morgan fingerprint density at radius 1 is 1.42 bits per heavy atom. The normalized spacial score (nSPS) is 10.4. The van der Waals surface area contributed by atoms with Crippen LogP contribution in [-0.4, -0.2) is 19.8 Å². The minimum Gasteiger partial charge on any atom is -0.381 e. The maximum atomic E-state index is 5.37. The first-order valence-electron chi connectivity index (χ1n) is 4.22. The summed E-state index contributed by atoms with van der Waals surface area (Å²) in [4.78, 5) is 0. The summed E-state index contributed by atoms with van der Waals surface area (Å²) in [7, 11) is 0. The van der Waals surface area contributed by atoms with Crippen LogP contribution in [0.25, 0.3) is 0 Å². The molecule has 0 aliphatic carbocycles. The summed E-state index contributed by atoms with van der Waals surface area (Å²) in [5, 5.41) is 4.25. The summed E-state index contributed by atoms with van der Waals surface area (Å²) in [5.41, 5.74) is 6.70. The van der Waals surface area contributed by atoms with E-state index in [2.05, 4.69) is 16.8 Å². The van der Waals surface area contributed by atoms with Crippen molar-refractivity contribution in [1.29, 1.82) is 0 Å². The van der Waals surface area contributed by atoms with Crippen molar-refractivity contribution in [2.45, 2.75) is 12.8 Å². The Morgan fingerprint density at radius 3 is 3.00 bits per heavy atom. The molecule has 0 atom stereocenters. The smallest absolute Gasteiger partial charge is 0.0506 e. The average molecular weight is 185 g/mol. The van der Waals surface area contributed by atoms with E-state index in [0.717, 1.165) is 32.6 Å². The van der Waals surface area contributed by atoms with Gasteiger partial charge in [0.2, 0.25) is 0 Å². The lowest BCUT2D eigenvalue weighted by molar-refractivity contribution is 0.136. The van der Waals surface area contributed by atoms with Crippen LogP contribution in [0, 0.1) is 0 Å². The molecular weight excluding hydrogens is 170 g/mol. The Bertz CT molecular complexity index is 186. The Kier molecular flexibility index (Phi) is 4.99. The molecule has 68 valence electrons. The van der Waals surface area contributed by atoms with Crippen LogP contribution < -0.4 is 5.73 Å². The molecule has 0 spiro atoms. The third-order valence-electron chi connectivity index (χ3n) is 1.61. The fraction of sp³-hybridized carbons (Fsp3) is 0.556. The molecule has 12 heavy (non-hydrogen) atoms. The first-order chi connectivity index (χ1) is 5.93. The SMILES string of the molecule is NCCCOCCc1ccsc1. The fourth-order valence-corrected chi connectivity index (χ4v) is 1.62. The third kappa shape index (κ3) is 3.85. The van der Waals surface area contributed by atoms with E-state index in [0.29, 0.717) is 0 Å². The van der Waals surface area contributed by atoms with E-state index in [4.69, 9.17) is 10.5 Å². The zero-order valence-corrected chi connectivity index (χ0v) is 7.98. The summed E-state index contributed by atoms with van der Waals surface area (Å²) in [6.07, 6.45) is 1.98. The van der Waals surface area contributed by atoms with Crippen LogP contribution in [0.4, 0.5) is 0 Å². The molecule has 0 aromatic carbocycles. The van der Waals surface area contributed by atoms with Gasteiger partial charge in [-0.2, -0.15) is 11.3 Å². The van der Waals surface area contributed by atoms with E-state index in [9.17, 15) is 0 Å². The standard InChI is InChI=1S/C9H15NOS/c10-4-1-5-11-6-2-9-3-7-12-8-9/h3,7-8H,1-2,4-6,10H2. The molecule has 2 N–H and O–H groups in total. The van der Waals surface area contributed by atoms with E-state index in [1.54, 1.807) is 11.3 Å². The van der Waals surface area contributed by atoms with Gasteiger partial charge in [-0.1, -0.05) is 0 Å². The minimum absolute atomic E-state index is 0.721. The molecular formula is C9H15NOS. The highest BCUT2D eigenvalue weighted by atomic mass is 32.1. The summed E-state index contributed by atoms with van der Waals surface area (Å²) in [5.74, 6) is 0. The Hall–Kier alpha value is -0.380. The topological polar surface area (TPSA) is 35.2 Å². The number of nitrogens with two attached hydrogens (primary N) is 1. The van der Waals surface area contributed by atoms with Gasteiger partial charge in [-0.15, -0.1) is 0 Å². The van der Waals surface area contributed by atoms with E-state index in [1.165, 1.54) is 5.56 Å². The number of hydrogen-bond donors (Lipinski definition) is 1. The van der Waals surface area contributed by atoms with Crippen LogP contribution in [0.2, 0.25) is 0 Å². The van der Waals surface area contributed by atoms with Gasteiger partial charge in [0.15, 0.2) is 0 Å². The van der Waals surface area contributed by atoms with Crippen molar-refractivity contribution in [2.24, 2.45) is 5.73 Å². The zero-order valence-electron chi connectivity index (χ0n) is 7.16. The third-order valence-corrected chi connectivity index (χ3v) is 2.34. The lowest BCUT2D eigenvalue weighted by Gasteiger charge is -2.00. The van der Waals surface area contributed by atoms with Gasteiger partial charge in [0.1, 0.15) is 0 Å². The van der Waals surface area contributed by atoms with Crippen LogP contribution in [0.3, 0.4) is 0 Å². The van der Waals surface area contributed by atoms with Crippen LogP contribution in [0.1, 0.15) is 12.0 Å². The molecule has 1 aromatic rings. The van der Waals surface area contributed by atoms with Crippen molar-refractivity contribution in [3.05, 3.63) is 22.4 Å². The molecule has 0 unspecified atom stereocenters. The molecule has 3 heteroatoms. The number of thiophene rings is 1. The van der Waals surface area contributed by atoms with Gasteiger partial charge in [-0.25, -0.2) is 0 Å². The van der Waals surface area contributed by atoms with Gasteiger partial charge in [0, 0.05) is 6.61 Å².